The molecule has 2 rings (SSSR count). The number of para-hydroxylation sites is 1. The Hall–Kier alpha value is -1.03. The molecule has 0 aliphatic carbocycles. The number of halogens is 1. The second-order valence-electron chi connectivity index (χ2n) is 4.62. The van der Waals surface area contributed by atoms with Crippen molar-refractivity contribution in [3.05, 3.63) is 22.7 Å². The summed E-state index contributed by atoms with van der Waals surface area (Å²) in [4.78, 5) is 13.8. The maximum atomic E-state index is 12.2. The molecule has 0 fully saturated rings. The highest BCUT2D eigenvalue weighted by Crippen LogP contribution is 2.40. The predicted molar refractivity (Wildman–Crippen MR) is 66.8 cm³/mol. The maximum Gasteiger partial charge on any atom is 0.235 e. The van der Waals surface area contributed by atoms with E-state index >= 15 is 0 Å². The lowest BCUT2D eigenvalue weighted by molar-refractivity contribution is -0.127. The normalized spacial score (nSPS) is 18.8. The zero-order chi connectivity index (χ0) is 11.9. The average molecular weight is 284 g/mol. The van der Waals surface area contributed by atoms with Gasteiger partial charge in [0.15, 0.2) is 5.75 Å². The Balaban J connectivity index is 2.55. The van der Waals surface area contributed by atoms with E-state index in [0.29, 0.717) is 6.61 Å². The van der Waals surface area contributed by atoms with E-state index in [1.54, 1.807) is 11.9 Å². The Morgan fingerprint density at radius 3 is 2.81 bits per heavy atom. The summed E-state index contributed by atoms with van der Waals surface area (Å²) in [6.45, 7) is 4.18. The zero-order valence-corrected chi connectivity index (χ0v) is 11.2. The number of carbonyl (C=O) groups excluding carboxylic acids is 1. The number of benzene rings is 1. The Morgan fingerprint density at radius 1 is 1.44 bits per heavy atom. The second kappa shape index (κ2) is 3.77. The summed E-state index contributed by atoms with van der Waals surface area (Å²) in [5.74, 6) is 0.813. The quantitative estimate of drug-likeness (QED) is 0.733. The van der Waals surface area contributed by atoms with Crippen LogP contribution in [0.2, 0.25) is 0 Å². The van der Waals surface area contributed by atoms with Crippen molar-refractivity contribution in [2.24, 2.45) is 5.41 Å². The standard InChI is InChI=1S/C12H14BrNO2/c1-12(2)7-16-10-8(13)5-4-6-9(10)14(3)11(12)15/h4-6H,7H2,1-3H3. The van der Waals surface area contributed by atoms with Gasteiger partial charge in [-0.1, -0.05) is 6.07 Å². The van der Waals surface area contributed by atoms with Crippen molar-refractivity contribution < 1.29 is 9.53 Å². The van der Waals surface area contributed by atoms with Crippen LogP contribution in [0, 0.1) is 5.41 Å². The highest BCUT2D eigenvalue weighted by molar-refractivity contribution is 9.10. The predicted octanol–water partition coefficient (Wildman–Crippen LogP) is 2.83. The molecule has 0 unspecified atom stereocenters. The van der Waals surface area contributed by atoms with Crippen molar-refractivity contribution in [3.63, 3.8) is 0 Å². The Labute approximate surface area is 104 Å². The van der Waals surface area contributed by atoms with Crippen molar-refractivity contribution in [1.29, 1.82) is 0 Å². The number of rotatable bonds is 0. The first-order valence-electron chi connectivity index (χ1n) is 5.13. The lowest BCUT2D eigenvalue weighted by atomic mass is 9.93. The van der Waals surface area contributed by atoms with Crippen molar-refractivity contribution in [2.45, 2.75) is 13.8 Å². The van der Waals surface area contributed by atoms with Crippen LogP contribution in [-0.2, 0) is 4.79 Å². The molecule has 1 aromatic carbocycles. The monoisotopic (exact) mass is 283 g/mol. The topological polar surface area (TPSA) is 29.5 Å². The van der Waals surface area contributed by atoms with Crippen LogP contribution in [0.1, 0.15) is 13.8 Å². The SMILES string of the molecule is CN1C(=O)C(C)(C)COc2c(Br)cccc21. The minimum Gasteiger partial charge on any atom is -0.489 e. The number of hydrogen-bond acceptors (Lipinski definition) is 2. The number of fused-ring (bicyclic) bond motifs is 1. The molecule has 1 aromatic rings. The van der Waals surface area contributed by atoms with Crippen LogP contribution in [0.5, 0.6) is 5.75 Å². The molecule has 0 saturated carbocycles. The van der Waals surface area contributed by atoms with Gasteiger partial charge in [-0.15, -0.1) is 0 Å². The van der Waals surface area contributed by atoms with Crippen LogP contribution in [0.3, 0.4) is 0 Å². The number of hydrogen-bond donors (Lipinski definition) is 0. The van der Waals surface area contributed by atoms with Gasteiger partial charge in [0.05, 0.1) is 15.6 Å². The third-order valence-corrected chi connectivity index (χ3v) is 3.39. The fraction of sp³-hybridized carbons (Fsp3) is 0.417. The van der Waals surface area contributed by atoms with Crippen LogP contribution in [-0.4, -0.2) is 19.6 Å². The van der Waals surface area contributed by atoms with Crippen molar-refractivity contribution in [1.82, 2.24) is 0 Å². The van der Waals surface area contributed by atoms with Gasteiger partial charge in [0, 0.05) is 7.05 Å². The van der Waals surface area contributed by atoms with Gasteiger partial charge in [-0.3, -0.25) is 4.79 Å². The molecule has 0 radical (unpaired) electrons. The largest absolute Gasteiger partial charge is 0.489 e. The van der Waals surface area contributed by atoms with Gasteiger partial charge in [-0.05, 0) is 41.9 Å². The second-order valence-corrected chi connectivity index (χ2v) is 5.48. The molecule has 1 heterocycles. The van der Waals surface area contributed by atoms with E-state index < -0.39 is 5.41 Å². The molecular weight excluding hydrogens is 270 g/mol. The fourth-order valence-electron chi connectivity index (χ4n) is 1.78. The van der Waals surface area contributed by atoms with Crippen molar-refractivity contribution >= 4 is 27.5 Å². The Bertz CT molecular complexity index is 443. The molecule has 1 aliphatic heterocycles. The molecule has 0 saturated heterocycles. The molecular formula is C12H14BrNO2. The molecule has 86 valence electrons. The van der Waals surface area contributed by atoms with E-state index in [0.717, 1.165) is 15.9 Å². The van der Waals surface area contributed by atoms with Crippen LogP contribution in [0.15, 0.2) is 22.7 Å². The number of ether oxygens (including phenoxy) is 1. The van der Waals surface area contributed by atoms with Gasteiger partial charge in [0.25, 0.3) is 0 Å². The van der Waals surface area contributed by atoms with E-state index in [4.69, 9.17) is 4.74 Å². The lowest BCUT2D eigenvalue weighted by Gasteiger charge is -2.24. The van der Waals surface area contributed by atoms with E-state index in [1.807, 2.05) is 32.0 Å². The Kier molecular flexibility index (Phi) is 2.70. The van der Waals surface area contributed by atoms with Gasteiger partial charge in [0.2, 0.25) is 5.91 Å². The van der Waals surface area contributed by atoms with Gasteiger partial charge in [-0.2, -0.15) is 0 Å². The van der Waals surface area contributed by atoms with Crippen LogP contribution < -0.4 is 9.64 Å². The highest BCUT2D eigenvalue weighted by atomic mass is 79.9. The van der Waals surface area contributed by atoms with Gasteiger partial charge >= 0.3 is 0 Å². The number of nitrogens with zero attached hydrogens (tertiary/aromatic N) is 1. The molecule has 1 amide bonds. The van der Waals surface area contributed by atoms with Crippen LogP contribution >= 0.6 is 15.9 Å². The minimum absolute atomic E-state index is 0.0735. The number of amides is 1. The summed E-state index contributed by atoms with van der Waals surface area (Å²) < 4.78 is 6.60. The van der Waals surface area contributed by atoms with E-state index in [2.05, 4.69) is 15.9 Å². The zero-order valence-electron chi connectivity index (χ0n) is 9.58. The summed E-state index contributed by atoms with van der Waals surface area (Å²) in [6, 6.07) is 5.70. The molecule has 1 aliphatic rings. The van der Waals surface area contributed by atoms with Crippen molar-refractivity contribution in [3.8, 4) is 5.75 Å². The molecule has 16 heavy (non-hydrogen) atoms. The Morgan fingerprint density at radius 2 is 2.12 bits per heavy atom. The number of anilines is 1. The molecule has 0 spiro atoms. The molecule has 4 heteroatoms. The molecule has 0 bridgehead atoms. The number of carbonyl (C=O) groups is 1. The van der Waals surface area contributed by atoms with E-state index in [-0.39, 0.29) is 5.91 Å². The highest BCUT2D eigenvalue weighted by Gasteiger charge is 2.36. The third-order valence-electron chi connectivity index (χ3n) is 2.77. The van der Waals surface area contributed by atoms with E-state index in [9.17, 15) is 4.79 Å². The van der Waals surface area contributed by atoms with Gasteiger partial charge < -0.3 is 9.64 Å². The first-order chi connectivity index (χ1) is 7.43. The summed E-state index contributed by atoms with van der Waals surface area (Å²) in [5, 5.41) is 0. The summed E-state index contributed by atoms with van der Waals surface area (Å²) in [6.07, 6.45) is 0. The smallest absolute Gasteiger partial charge is 0.235 e. The summed E-state index contributed by atoms with van der Waals surface area (Å²) in [5.41, 5.74) is 0.317. The van der Waals surface area contributed by atoms with Crippen LogP contribution in [0.4, 0.5) is 5.69 Å². The summed E-state index contributed by atoms with van der Waals surface area (Å²) >= 11 is 3.44. The fourth-order valence-corrected chi connectivity index (χ4v) is 2.25. The van der Waals surface area contributed by atoms with Gasteiger partial charge in [-0.25, -0.2) is 0 Å². The molecule has 0 aromatic heterocycles. The lowest BCUT2D eigenvalue weighted by Crippen LogP contribution is -2.39. The van der Waals surface area contributed by atoms with E-state index in [1.165, 1.54) is 0 Å². The van der Waals surface area contributed by atoms with Crippen molar-refractivity contribution in [2.75, 3.05) is 18.6 Å². The summed E-state index contributed by atoms with van der Waals surface area (Å²) in [7, 11) is 1.78. The minimum atomic E-state index is -0.493. The molecule has 0 N–H and O–H groups in total. The third kappa shape index (κ3) is 1.71. The maximum absolute atomic E-state index is 12.2. The van der Waals surface area contributed by atoms with Gasteiger partial charge in [0.1, 0.15) is 6.61 Å². The average Bonchev–Trinajstić information content (AvgIpc) is 2.32. The molecule has 0 atom stereocenters. The first-order valence-corrected chi connectivity index (χ1v) is 5.92. The van der Waals surface area contributed by atoms with Crippen LogP contribution in [0.25, 0.3) is 0 Å². The molecule has 3 nitrogen and oxygen atoms in total. The first kappa shape index (κ1) is 11.5.